The van der Waals surface area contributed by atoms with Crippen molar-refractivity contribution >= 4 is 11.6 Å². The van der Waals surface area contributed by atoms with Crippen molar-refractivity contribution in [1.82, 2.24) is 0 Å². The summed E-state index contributed by atoms with van der Waals surface area (Å²) in [6.07, 6.45) is 2.50. The van der Waals surface area contributed by atoms with Gasteiger partial charge >= 0.3 is 0 Å². The molecule has 1 amide bonds. The second-order valence-corrected chi connectivity index (χ2v) is 5.93. The van der Waals surface area contributed by atoms with Crippen LogP contribution in [0.5, 0.6) is 5.75 Å². The van der Waals surface area contributed by atoms with Crippen molar-refractivity contribution in [3.8, 4) is 5.75 Å². The Kier molecular flexibility index (Phi) is 2.76. The first-order valence-electron chi connectivity index (χ1n) is 7.44. The number of anilines is 1. The molecule has 0 fully saturated rings. The van der Waals surface area contributed by atoms with Crippen molar-refractivity contribution in [2.45, 2.75) is 24.7 Å². The standard InChI is InChI=1S/C18H16FNO2/c1-22-13-5-6-14-11(9-13)3-2-8-18(14)15-10-12(19)4-7-16(15)20-17(18)21/h4-7,9-10H,2-3,8H2,1H3,(H,20,21). The molecule has 0 aromatic heterocycles. The van der Waals surface area contributed by atoms with E-state index in [1.54, 1.807) is 13.2 Å². The molecule has 3 nitrogen and oxygen atoms in total. The van der Waals surface area contributed by atoms with E-state index in [-0.39, 0.29) is 11.7 Å². The number of fused-ring (bicyclic) bond motifs is 4. The molecule has 22 heavy (non-hydrogen) atoms. The number of carbonyl (C=O) groups excluding carboxylic acids is 1. The third kappa shape index (κ3) is 1.64. The van der Waals surface area contributed by atoms with Gasteiger partial charge in [-0.2, -0.15) is 0 Å². The van der Waals surface area contributed by atoms with Crippen LogP contribution in [0, 0.1) is 5.82 Å². The van der Waals surface area contributed by atoms with Crippen molar-refractivity contribution in [2.24, 2.45) is 0 Å². The molecule has 1 atom stereocenters. The number of carbonyl (C=O) groups is 1. The summed E-state index contributed by atoms with van der Waals surface area (Å²) in [6, 6.07) is 10.3. The van der Waals surface area contributed by atoms with Crippen molar-refractivity contribution in [3.05, 3.63) is 58.9 Å². The topological polar surface area (TPSA) is 38.3 Å². The van der Waals surface area contributed by atoms with Gasteiger partial charge in [0.05, 0.1) is 7.11 Å². The Morgan fingerprint density at radius 3 is 2.86 bits per heavy atom. The van der Waals surface area contributed by atoms with Crippen LogP contribution < -0.4 is 10.1 Å². The maximum absolute atomic E-state index is 13.8. The highest BCUT2D eigenvalue weighted by Crippen LogP contribution is 2.50. The van der Waals surface area contributed by atoms with E-state index in [9.17, 15) is 9.18 Å². The van der Waals surface area contributed by atoms with Crippen molar-refractivity contribution in [3.63, 3.8) is 0 Å². The number of amides is 1. The summed E-state index contributed by atoms with van der Waals surface area (Å²) in [5.74, 6) is 0.420. The van der Waals surface area contributed by atoms with Crippen LogP contribution in [0.3, 0.4) is 0 Å². The van der Waals surface area contributed by atoms with Gasteiger partial charge in [-0.05, 0) is 66.3 Å². The van der Waals surface area contributed by atoms with Gasteiger partial charge in [0.2, 0.25) is 5.91 Å². The van der Waals surface area contributed by atoms with Crippen molar-refractivity contribution < 1.29 is 13.9 Å². The van der Waals surface area contributed by atoms with Crippen LogP contribution in [-0.2, 0) is 16.6 Å². The summed E-state index contributed by atoms with van der Waals surface area (Å²) in [6.45, 7) is 0. The van der Waals surface area contributed by atoms with Crippen LogP contribution >= 0.6 is 0 Å². The van der Waals surface area contributed by atoms with Crippen molar-refractivity contribution in [2.75, 3.05) is 12.4 Å². The SMILES string of the molecule is COc1ccc2c(c1)CCCC21C(=O)Nc2ccc(F)cc21. The lowest BCUT2D eigenvalue weighted by Crippen LogP contribution is -2.39. The Labute approximate surface area is 128 Å². The van der Waals surface area contributed by atoms with Gasteiger partial charge in [-0.15, -0.1) is 0 Å². The van der Waals surface area contributed by atoms with Gasteiger partial charge in [-0.1, -0.05) is 6.07 Å². The Bertz CT molecular complexity index is 787. The minimum absolute atomic E-state index is 0.0563. The number of rotatable bonds is 1. The largest absolute Gasteiger partial charge is 0.497 e. The van der Waals surface area contributed by atoms with Crippen LogP contribution in [0.1, 0.15) is 29.5 Å². The molecule has 1 spiro atoms. The zero-order valence-electron chi connectivity index (χ0n) is 12.3. The van der Waals surface area contributed by atoms with E-state index < -0.39 is 5.41 Å². The molecule has 1 N–H and O–H groups in total. The lowest BCUT2D eigenvalue weighted by molar-refractivity contribution is -0.119. The van der Waals surface area contributed by atoms with E-state index in [2.05, 4.69) is 5.32 Å². The molecule has 2 aliphatic rings. The normalized spacial score (nSPS) is 22.2. The molecule has 0 bridgehead atoms. The lowest BCUT2D eigenvalue weighted by atomic mass is 9.66. The molecule has 1 aliphatic heterocycles. The maximum atomic E-state index is 13.8. The summed E-state index contributed by atoms with van der Waals surface area (Å²) in [5.41, 5.74) is 2.79. The molecule has 0 saturated heterocycles. The van der Waals surface area contributed by atoms with Gasteiger partial charge in [0.25, 0.3) is 0 Å². The third-order valence-corrected chi connectivity index (χ3v) is 4.85. The average Bonchev–Trinajstić information content (AvgIpc) is 2.80. The van der Waals surface area contributed by atoms with Gasteiger partial charge in [0, 0.05) is 5.69 Å². The molecule has 1 unspecified atom stereocenters. The predicted molar refractivity (Wildman–Crippen MR) is 81.7 cm³/mol. The first kappa shape index (κ1) is 13.3. The van der Waals surface area contributed by atoms with Crippen LogP contribution in [0.15, 0.2) is 36.4 Å². The maximum Gasteiger partial charge on any atom is 0.239 e. The van der Waals surface area contributed by atoms with E-state index in [1.165, 1.54) is 12.1 Å². The molecular weight excluding hydrogens is 281 g/mol. The Morgan fingerprint density at radius 1 is 1.18 bits per heavy atom. The van der Waals surface area contributed by atoms with Crippen LogP contribution in [0.25, 0.3) is 0 Å². The molecule has 112 valence electrons. The number of aryl methyl sites for hydroxylation is 1. The van der Waals surface area contributed by atoms with E-state index in [1.807, 2.05) is 18.2 Å². The summed E-state index contributed by atoms with van der Waals surface area (Å²) in [5, 5.41) is 2.92. The summed E-state index contributed by atoms with van der Waals surface area (Å²) < 4.78 is 19.0. The molecule has 4 rings (SSSR count). The Hall–Kier alpha value is -2.36. The fourth-order valence-corrected chi connectivity index (χ4v) is 3.84. The molecule has 1 aliphatic carbocycles. The van der Waals surface area contributed by atoms with Crippen LogP contribution in [-0.4, -0.2) is 13.0 Å². The molecule has 2 aromatic rings. The van der Waals surface area contributed by atoms with E-state index in [0.29, 0.717) is 6.42 Å². The smallest absolute Gasteiger partial charge is 0.239 e. The predicted octanol–water partition coefficient (Wildman–Crippen LogP) is 3.41. The summed E-state index contributed by atoms with van der Waals surface area (Å²) in [7, 11) is 1.63. The molecular formula is C18H16FNO2. The zero-order valence-corrected chi connectivity index (χ0v) is 12.3. The molecule has 2 aromatic carbocycles. The first-order chi connectivity index (χ1) is 10.6. The first-order valence-corrected chi connectivity index (χ1v) is 7.44. The van der Waals surface area contributed by atoms with E-state index >= 15 is 0 Å². The number of benzene rings is 2. The van der Waals surface area contributed by atoms with Gasteiger partial charge in [0.1, 0.15) is 17.0 Å². The van der Waals surface area contributed by atoms with Gasteiger partial charge in [0.15, 0.2) is 0 Å². The Morgan fingerprint density at radius 2 is 2.05 bits per heavy atom. The molecule has 0 radical (unpaired) electrons. The van der Waals surface area contributed by atoms with E-state index in [0.717, 1.165) is 41.0 Å². The second-order valence-electron chi connectivity index (χ2n) is 5.93. The molecule has 4 heteroatoms. The lowest BCUT2D eigenvalue weighted by Gasteiger charge is -2.34. The third-order valence-electron chi connectivity index (χ3n) is 4.85. The van der Waals surface area contributed by atoms with E-state index in [4.69, 9.17) is 4.74 Å². The van der Waals surface area contributed by atoms with Gasteiger partial charge in [-0.25, -0.2) is 4.39 Å². The van der Waals surface area contributed by atoms with Gasteiger partial charge < -0.3 is 10.1 Å². The number of methoxy groups -OCH3 is 1. The number of halogens is 1. The second kappa shape index (κ2) is 4.57. The fraction of sp³-hybridized carbons (Fsp3) is 0.278. The summed E-state index contributed by atoms with van der Waals surface area (Å²) in [4.78, 5) is 12.8. The highest BCUT2D eigenvalue weighted by Gasteiger charge is 2.50. The molecule has 1 heterocycles. The number of hydrogen-bond donors (Lipinski definition) is 1. The quantitative estimate of drug-likeness (QED) is 0.876. The van der Waals surface area contributed by atoms with Crippen LogP contribution in [0.4, 0.5) is 10.1 Å². The molecule has 0 saturated carbocycles. The average molecular weight is 297 g/mol. The minimum Gasteiger partial charge on any atom is -0.497 e. The Balaban J connectivity index is 1.98. The monoisotopic (exact) mass is 297 g/mol. The number of hydrogen-bond acceptors (Lipinski definition) is 2. The minimum atomic E-state index is -0.767. The highest BCUT2D eigenvalue weighted by atomic mass is 19.1. The summed E-state index contributed by atoms with van der Waals surface area (Å²) >= 11 is 0. The number of ether oxygens (including phenoxy) is 1. The fourth-order valence-electron chi connectivity index (χ4n) is 3.84. The number of nitrogens with one attached hydrogen (secondary N) is 1. The zero-order chi connectivity index (χ0) is 15.3. The highest BCUT2D eigenvalue weighted by molar-refractivity contribution is 6.09. The van der Waals surface area contributed by atoms with Crippen molar-refractivity contribution in [1.29, 1.82) is 0 Å². The van der Waals surface area contributed by atoms with Crippen LogP contribution in [0.2, 0.25) is 0 Å². The van der Waals surface area contributed by atoms with Gasteiger partial charge in [-0.3, -0.25) is 4.79 Å².